The van der Waals surface area contributed by atoms with Crippen LogP contribution in [-0.4, -0.2) is 29.7 Å². The second-order valence-corrected chi connectivity index (χ2v) is 9.42. The van der Waals surface area contributed by atoms with Gasteiger partial charge in [0.25, 0.3) is 0 Å². The van der Waals surface area contributed by atoms with E-state index in [1.807, 2.05) is 20.8 Å². The van der Waals surface area contributed by atoms with E-state index < -0.39 is 5.60 Å². The van der Waals surface area contributed by atoms with Crippen LogP contribution in [0.15, 0.2) is 46.3 Å². The zero-order chi connectivity index (χ0) is 20.1. The number of carbonyl (C=O) groups excluding carboxylic acids is 1. The van der Waals surface area contributed by atoms with Crippen molar-refractivity contribution in [2.75, 3.05) is 13.1 Å². The molecule has 0 unspecified atom stereocenters. The molecular formula is C22H33N3O2. The summed E-state index contributed by atoms with van der Waals surface area (Å²) in [5, 5.41) is 7.86. The smallest absolute Gasteiger partial charge is 0.410 e. The fourth-order valence-corrected chi connectivity index (χ4v) is 2.69. The van der Waals surface area contributed by atoms with Crippen molar-refractivity contribution in [1.29, 1.82) is 0 Å². The third-order valence-corrected chi connectivity index (χ3v) is 4.20. The van der Waals surface area contributed by atoms with Crippen LogP contribution < -0.4 is 0 Å². The molecule has 1 heterocycles. The average molecular weight is 372 g/mol. The van der Waals surface area contributed by atoms with E-state index in [9.17, 15) is 4.79 Å². The molecule has 148 valence electrons. The third-order valence-electron chi connectivity index (χ3n) is 4.20. The van der Waals surface area contributed by atoms with Crippen molar-refractivity contribution >= 4 is 6.09 Å². The first-order chi connectivity index (χ1) is 12.5. The van der Waals surface area contributed by atoms with Crippen LogP contribution in [0.1, 0.15) is 59.1 Å². The van der Waals surface area contributed by atoms with Gasteiger partial charge in [-0.15, -0.1) is 0 Å². The lowest BCUT2D eigenvalue weighted by molar-refractivity contribution is 0.0251. The maximum Gasteiger partial charge on any atom is 0.410 e. The Hall–Kier alpha value is -2.17. The number of carbonyl (C=O) groups is 1. The molecule has 1 aromatic carbocycles. The molecule has 0 N–H and O–H groups in total. The first-order valence-electron chi connectivity index (χ1n) is 9.62. The summed E-state index contributed by atoms with van der Waals surface area (Å²) in [6.07, 6.45) is 3.63. The summed E-state index contributed by atoms with van der Waals surface area (Å²) in [6.45, 7) is 14.0. The monoisotopic (exact) mass is 371 g/mol. The van der Waals surface area contributed by atoms with Gasteiger partial charge in [0.2, 0.25) is 0 Å². The number of azo groups is 1. The molecule has 0 saturated heterocycles. The van der Waals surface area contributed by atoms with Crippen molar-refractivity contribution in [2.24, 2.45) is 15.6 Å². The highest BCUT2D eigenvalue weighted by atomic mass is 16.6. The summed E-state index contributed by atoms with van der Waals surface area (Å²) < 4.78 is 5.58. The second-order valence-electron chi connectivity index (χ2n) is 9.42. The minimum atomic E-state index is -0.523. The topological polar surface area (TPSA) is 54.3 Å². The lowest BCUT2D eigenvalue weighted by Crippen LogP contribution is -2.37. The molecule has 0 spiro atoms. The molecular weight excluding hydrogens is 338 g/mol. The van der Waals surface area contributed by atoms with Gasteiger partial charge in [0.05, 0.1) is 12.7 Å². The minimum Gasteiger partial charge on any atom is -0.444 e. The molecule has 5 nitrogen and oxygen atoms in total. The van der Waals surface area contributed by atoms with Crippen molar-refractivity contribution in [3.05, 3.63) is 47.2 Å². The lowest BCUT2D eigenvalue weighted by atomic mass is 9.88. The SMILES string of the molecule is CC(C)(C)CCc1ccc(CN(CC2=CN=NC2)C(=O)OC(C)(C)C)cc1. The van der Waals surface area contributed by atoms with Crippen LogP contribution in [0.3, 0.4) is 0 Å². The fraction of sp³-hybridized carbons (Fsp3) is 0.591. The molecule has 0 bridgehead atoms. The average Bonchev–Trinajstić information content (AvgIpc) is 3.04. The molecule has 1 aliphatic heterocycles. The van der Waals surface area contributed by atoms with Gasteiger partial charge in [0.1, 0.15) is 5.60 Å². The largest absolute Gasteiger partial charge is 0.444 e. The summed E-state index contributed by atoms with van der Waals surface area (Å²) in [7, 11) is 0. The van der Waals surface area contributed by atoms with E-state index in [4.69, 9.17) is 4.74 Å². The maximum atomic E-state index is 12.6. The Morgan fingerprint density at radius 3 is 2.19 bits per heavy atom. The van der Waals surface area contributed by atoms with Crippen molar-refractivity contribution in [3.8, 4) is 0 Å². The van der Waals surface area contributed by atoms with Crippen molar-refractivity contribution in [3.63, 3.8) is 0 Å². The van der Waals surface area contributed by atoms with E-state index in [2.05, 4.69) is 55.3 Å². The predicted octanol–water partition coefficient (Wildman–Crippen LogP) is 5.75. The Kier molecular flexibility index (Phi) is 6.79. The molecule has 0 radical (unpaired) electrons. The lowest BCUT2D eigenvalue weighted by Gasteiger charge is -2.27. The highest BCUT2D eigenvalue weighted by molar-refractivity contribution is 5.68. The summed E-state index contributed by atoms with van der Waals surface area (Å²) in [5.41, 5.74) is 3.24. The van der Waals surface area contributed by atoms with E-state index in [0.29, 0.717) is 25.0 Å². The highest BCUT2D eigenvalue weighted by Gasteiger charge is 2.23. The molecule has 0 fully saturated rings. The van der Waals surface area contributed by atoms with Gasteiger partial charge in [0, 0.05) is 13.1 Å². The Morgan fingerprint density at radius 1 is 1.04 bits per heavy atom. The third kappa shape index (κ3) is 7.94. The van der Waals surface area contributed by atoms with Crippen LogP contribution in [0.25, 0.3) is 0 Å². The van der Waals surface area contributed by atoms with Crippen LogP contribution in [0.4, 0.5) is 4.79 Å². The zero-order valence-electron chi connectivity index (χ0n) is 17.6. The number of amides is 1. The number of rotatable bonds is 6. The van der Waals surface area contributed by atoms with Gasteiger partial charge >= 0.3 is 6.09 Å². The molecule has 2 rings (SSSR count). The molecule has 0 saturated carbocycles. The number of nitrogens with zero attached hydrogens (tertiary/aromatic N) is 3. The molecule has 1 aliphatic rings. The van der Waals surface area contributed by atoms with Crippen LogP contribution in [0.2, 0.25) is 0 Å². The Morgan fingerprint density at radius 2 is 1.67 bits per heavy atom. The first-order valence-corrected chi connectivity index (χ1v) is 9.62. The second kappa shape index (κ2) is 8.68. The van der Waals surface area contributed by atoms with Crippen molar-refractivity contribution in [1.82, 2.24) is 4.90 Å². The summed E-state index contributed by atoms with van der Waals surface area (Å²) in [4.78, 5) is 14.4. The van der Waals surface area contributed by atoms with E-state index in [1.165, 1.54) is 5.56 Å². The standard InChI is InChI=1S/C22H33N3O2/c1-21(2,3)12-11-17-7-9-18(10-8-17)15-25(16-19-13-23-24-14-19)20(26)27-22(4,5)6/h7-10,13H,11-12,14-16H2,1-6H3. The number of hydrogen-bond acceptors (Lipinski definition) is 4. The summed E-state index contributed by atoms with van der Waals surface area (Å²) >= 11 is 0. The van der Waals surface area contributed by atoms with Gasteiger partial charge in [-0.3, -0.25) is 4.90 Å². The number of hydrogen-bond donors (Lipinski definition) is 0. The first kappa shape index (κ1) is 21.1. The van der Waals surface area contributed by atoms with Crippen LogP contribution in [-0.2, 0) is 17.7 Å². The van der Waals surface area contributed by atoms with Gasteiger partial charge in [-0.2, -0.15) is 10.2 Å². The van der Waals surface area contributed by atoms with Crippen LogP contribution in [0.5, 0.6) is 0 Å². The van der Waals surface area contributed by atoms with E-state index in [0.717, 1.165) is 24.0 Å². The highest BCUT2D eigenvalue weighted by Crippen LogP contribution is 2.22. The van der Waals surface area contributed by atoms with E-state index in [-0.39, 0.29) is 6.09 Å². The van der Waals surface area contributed by atoms with Crippen molar-refractivity contribution < 1.29 is 9.53 Å². The molecule has 1 amide bonds. The number of aryl methyl sites for hydroxylation is 1. The maximum absolute atomic E-state index is 12.6. The van der Waals surface area contributed by atoms with Crippen molar-refractivity contribution in [2.45, 2.75) is 66.5 Å². The predicted molar refractivity (Wildman–Crippen MR) is 109 cm³/mol. The van der Waals surface area contributed by atoms with Gasteiger partial charge in [0.15, 0.2) is 0 Å². The number of benzene rings is 1. The summed E-state index contributed by atoms with van der Waals surface area (Å²) in [5.74, 6) is 0. The van der Waals surface area contributed by atoms with E-state index >= 15 is 0 Å². The van der Waals surface area contributed by atoms with Gasteiger partial charge in [-0.1, -0.05) is 45.0 Å². The molecule has 0 atom stereocenters. The summed E-state index contributed by atoms with van der Waals surface area (Å²) in [6, 6.07) is 8.53. The van der Waals surface area contributed by atoms with Gasteiger partial charge in [-0.25, -0.2) is 4.79 Å². The van der Waals surface area contributed by atoms with Crippen LogP contribution >= 0.6 is 0 Å². The fourth-order valence-electron chi connectivity index (χ4n) is 2.69. The van der Waals surface area contributed by atoms with E-state index in [1.54, 1.807) is 11.1 Å². The van der Waals surface area contributed by atoms with Gasteiger partial charge < -0.3 is 4.74 Å². The van der Waals surface area contributed by atoms with Crippen LogP contribution in [0, 0.1) is 5.41 Å². The van der Waals surface area contributed by atoms with Gasteiger partial charge in [-0.05, 0) is 55.7 Å². The Labute approximate surface area is 163 Å². The molecule has 1 aromatic rings. The number of ether oxygens (including phenoxy) is 1. The minimum absolute atomic E-state index is 0.313. The zero-order valence-corrected chi connectivity index (χ0v) is 17.6. The molecule has 27 heavy (non-hydrogen) atoms. The Balaban J connectivity index is 2.03. The normalized spacial score (nSPS) is 14.2. The molecule has 5 heteroatoms. The Bertz CT molecular complexity index is 692. The molecule has 0 aliphatic carbocycles. The molecule has 0 aromatic heterocycles. The quantitative estimate of drug-likeness (QED) is 0.639.